The summed E-state index contributed by atoms with van der Waals surface area (Å²) in [6.07, 6.45) is 5.44. The van der Waals surface area contributed by atoms with Crippen molar-refractivity contribution in [2.45, 2.75) is 6.54 Å². The summed E-state index contributed by atoms with van der Waals surface area (Å²) >= 11 is 4.81. The van der Waals surface area contributed by atoms with Crippen LogP contribution in [-0.2, 0) is 6.54 Å². The van der Waals surface area contributed by atoms with Crippen LogP contribution in [0.3, 0.4) is 0 Å². The Balaban J connectivity index is 2.14. The Labute approximate surface area is 87.5 Å². The fraction of sp³-hybridized carbons (Fsp3) is 0.143. The Hall–Kier alpha value is -0.880. The Morgan fingerprint density at radius 3 is 2.92 bits per heavy atom. The summed E-state index contributed by atoms with van der Waals surface area (Å²) in [6, 6.07) is 0. The molecule has 0 amide bonds. The van der Waals surface area contributed by atoms with E-state index in [2.05, 4.69) is 26.0 Å². The quantitative estimate of drug-likeness (QED) is 0.893. The highest BCUT2D eigenvalue weighted by atomic mass is 79.9. The summed E-state index contributed by atoms with van der Waals surface area (Å²) in [5.74, 6) is 0. The van der Waals surface area contributed by atoms with Gasteiger partial charge in [-0.15, -0.1) is 11.3 Å². The molecular weight excluding hydrogens is 252 g/mol. The topological polar surface area (TPSA) is 56.7 Å². The van der Waals surface area contributed by atoms with Crippen LogP contribution >= 0.6 is 27.3 Å². The fourth-order valence-electron chi connectivity index (χ4n) is 0.980. The minimum atomic E-state index is 0.598. The van der Waals surface area contributed by atoms with Gasteiger partial charge in [-0.25, -0.2) is 4.98 Å². The second kappa shape index (κ2) is 3.47. The van der Waals surface area contributed by atoms with E-state index in [0.717, 1.165) is 15.9 Å². The molecule has 0 saturated heterocycles. The molecule has 0 aliphatic heterocycles. The molecule has 2 heterocycles. The number of rotatable bonds is 2. The molecule has 2 rings (SSSR count). The summed E-state index contributed by atoms with van der Waals surface area (Å²) < 4.78 is 2.81. The molecule has 2 aromatic rings. The first kappa shape index (κ1) is 8.71. The van der Waals surface area contributed by atoms with Gasteiger partial charge in [0.1, 0.15) is 0 Å². The predicted molar refractivity (Wildman–Crippen MR) is 55.6 cm³/mol. The number of nitrogens with two attached hydrogens (primary N) is 1. The third kappa shape index (κ3) is 2.07. The van der Waals surface area contributed by atoms with E-state index < -0.39 is 0 Å². The summed E-state index contributed by atoms with van der Waals surface area (Å²) in [7, 11) is 0. The maximum absolute atomic E-state index is 5.51. The average Bonchev–Trinajstić information content (AvgIpc) is 2.62. The van der Waals surface area contributed by atoms with Crippen LogP contribution in [0.5, 0.6) is 0 Å². The Kier molecular flexibility index (Phi) is 2.32. The molecule has 0 aliphatic rings. The third-order valence-corrected chi connectivity index (χ3v) is 2.71. The van der Waals surface area contributed by atoms with Crippen molar-refractivity contribution in [3.05, 3.63) is 27.9 Å². The Morgan fingerprint density at radius 2 is 2.38 bits per heavy atom. The van der Waals surface area contributed by atoms with Crippen molar-refractivity contribution < 1.29 is 0 Å². The van der Waals surface area contributed by atoms with Crippen LogP contribution in [0.1, 0.15) is 4.88 Å². The first-order chi connectivity index (χ1) is 6.24. The first-order valence-electron chi connectivity index (χ1n) is 3.62. The molecule has 13 heavy (non-hydrogen) atoms. The van der Waals surface area contributed by atoms with Crippen LogP contribution in [0.25, 0.3) is 0 Å². The molecule has 68 valence electrons. The number of anilines is 1. The molecule has 0 atom stereocenters. The van der Waals surface area contributed by atoms with Gasteiger partial charge < -0.3 is 5.73 Å². The summed E-state index contributed by atoms with van der Waals surface area (Å²) in [4.78, 5) is 5.07. The highest BCUT2D eigenvalue weighted by Crippen LogP contribution is 2.16. The number of thiazole rings is 1. The van der Waals surface area contributed by atoms with Gasteiger partial charge in [0, 0.05) is 17.3 Å². The molecule has 4 nitrogen and oxygen atoms in total. The van der Waals surface area contributed by atoms with Crippen molar-refractivity contribution in [1.29, 1.82) is 0 Å². The molecule has 6 heteroatoms. The fourth-order valence-corrected chi connectivity index (χ4v) is 1.98. The SMILES string of the molecule is Nc1ncc(Cn2cc(Br)cn2)s1. The van der Waals surface area contributed by atoms with Gasteiger partial charge in [-0.1, -0.05) is 0 Å². The second-order valence-corrected chi connectivity index (χ2v) is 4.58. The van der Waals surface area contributed by atoms with Crippen molar-refractivity contribution in [2.24, 2.45) is 0 Å². The van der Waals surface area contributed by atoms with Crippen LogP contribution in [-0.4, -0.2) is 14.8 Å². The maximum Gasteiger partial charge on any atom is 0.180 e. The van der Waals surface area contributed by atoms with Gasteiger partial charge in [0.05, 0.1) is 17.2 Å². The van der Waals surface area contributed by atoms with E-state index in [1.807, 2.05) is 10.9 Å². The lowest BCUT2D eigenvalue weighted by molar-refractivity contribution is 0.693. The van der Waals surface area contributed by atoms with Crippen molar-refractivity contribution >= 4 is 32.4 Å². The van der Waals surface area contributed by atoms with Gasteiger partial charge in [0.2, 0.25) is 0 Å². The highest BCUT2D eigenvalue weighted by molar-refractivity contribution is 9.10. The number of halogens is 1. The summed E-state index contributed by atoms with van der Waals surface area (Å²) in [6.45, 7) is 0.723. The maximum atomic E-state index is 5.51. The van der Waals surface area contributed by atoms with Crippen molar-refractivity contribution in [3.63, 3.8) is 0 Å². The van der Waals surface area contributed by atoms with E-state index in [1.165, 1.54) is 11.3 Å². The van der Waals surface area contributed by atoms with Gasteiger partial charge in [-0.2, -0.15) is 5.10 Å². The molecule has 0 bridgehead atoms. The van der Waals surface area contributed by atoms with E-state index >= 15 is 0 Å². The lowest BCUT2D eigenvalue weighted by atomic mass is 10.5. The molecule has 0 fully saturated rings. The largest absolute Gasteiger partial charge is 0.375 e. The van der Waals surface area contributed by atoms with Crippen LogP contribution in [0.2, 0.25) is 0 Å². The molecular formula is C7H7BrN4S. The van der Waals surface area contributed by atoms with E-state index in [9.17, 15) is 0 Å². The van der Waals surface area contributed by atoms with E-state index in [0.29, 0.717) is 5.13 Å². The Bertz CT molecular complexity index is 370. The summed E-state index contributed by atoms with van der Waals surface area (Å²) in [5.41, 5.74) is 5.51. The van der Waals surface area contributed by atoms with E-state index in [-0.39, 0.29) is 0 Å². The van der Waals surface area contributed by atoms with E-state index in [4.69, 9.17) is 5.73 Å². The normalized spacial score (nSPS) is 10.5. The molecule has 0 aromatic carbocycles. The minimum absolute atomic E-state index is 0.598. The van der Waals surface area contributed by atoms with Crippen LogP contribution < -0.4 is 5.73 Å². The van der Waals surface area contributed by atoms with Crippen molar-refractivity contribution in [2.75, 3.05) is 5.73 Å². The lowest BCUT2D eigenvalue weighted by Crippen LogP contribution is -1.97. The van der Waals surface area contributed by atoms with Crippen LogP contribution in [0, 0.1) is 0 Å². The number of hydrogen-bond acceptors (Lipinski definition) is 4. The lowest BCUT2D eigenvalue weighted by Gasteiger charge is -1.95. The van der Waals surface area contributed by atoms with Crippen molar-refractivity contribution in [3.8, 4) is 0 Å². The van der Waals surface area contributed by atoms with Crippen LogP contribution in [0.4, 0.5) is 5.13 Å². The van der Waals surface area contributed by atoms with Gasteiger partial charge >= 0.3 is 0 Å². The molecule has 0 radical (unpaired) electrons. The molecule has 2 N–H and O–H groups in total. The molecule has 0 aliphatic carbocycles. The van der Waals surface area contributed by atoms with Gasteiger partial charge in [0.25, 0.3) is 0 Å². The Morgan fingerprint density at radius 1 is 1.54 bits per heavy atom. The number of nitrogen functional groups attached to an aromatic ring is 1. The van der Waals surface area contributed by atoms with E-state index in [1.54, 1.807) is 12.4 Å². The van der Waals surface area contributed by atoms with Crippen molar-refractivity contribution in [1.82, 2.24) is 14.8 Å². The second-order valence-electron chi connectivity index (χ2n) is 2.52. The molecule has 0 saturated carbocycles. The monoisotopic (exact) mass is 258 g/mol. The zero-order valence-electron chi connectivity index (χ0n) is 6.64. The van der Waals surface area contributed by atoms with Gasteiger partial charge in [-0.05, 0) is 15.9 Å². The average molecular weight is 259 g/mol. The minimum Gasteiger partial charge on any atom is -0.375 e. The number of aromatic nitrogens is 3. The zero-order valence-corrected chi connectivity index (χ0v) is 9.05. The van der Waals surface area contributed by atoms with Gasteiger partial charge in [-0.3, -0.25) is 4.68 Å². The first-order valence-corrected chi connectivity index (χ1v) is 5.23. The zero-order chi connectivity index (χ0) is 9.26. The van der Waals surface area contributed by atoms with Gasteiger partial charge in [0.15, 0.2) is 5.13 Å². The number of nitrogens with zero attached hydrogens (tertiary/aromatic N) is 3. The highest BCUT2D eigenvalue weighted by Gasteiger charge is 2.00. The molecule has 0 spiro atoms. The third-order valence-electron chi connectivity index (χ3n) is 1.49. The predicted octanol–water partition coefficient (Wildman–Crippen LogP) is 1.73. The molecule has 2 aromatic heterocycles. The summed E-state index contributed by atoms with van der Waals surface area (Å²) in [5, 5.41) is 4.73. The molecule has 0 unspecified atom stereocenters. The smallest absolute Gasteiger partial charge is 0.180 e. The standard InChI is InChI=1S/C7H7BrN4S/c8-5-1-11-12(3-5)4-6-2-10-7(9)13-6/h1-3H,4H2,(H2,9,10). The number of hydrogen-bond donors (Lipinski definition) is 1. The van der Waals surface area contributed by atoms with Crippen LogP contribution in [0.15, 0.2) is 23.1 Å².